The van der Waals surface area contributed by atoms with Gasteiger partial charge in [-0.15, -0.1) is 10.2 Å². The lowest BCUT2D eigenvalue weighted by atomic mass is 10.1. The molecule has 5 rings (SSSR count). The van der Waals surface area contributed by atoms with Crippen LogP contribution in [0, 0.1) is 6.92 Å². The van der Waals surface area contributed by atoms with Gasteiger partial charge in [0.1, 0.15) is 6.61 Å². The van der Waals surface area contributed by atoms with Gasteiger partial charge in [-0.3, -0.25) is 4.79 Å². The molecule has 4 aromatic rings. The molecule has 0 unspecified atom stereocenters. The number of aromatic nitrogens is 4. The van der Waals surface area contributed by atoms with Gasteiger partial charge in [0.25, 0.3) is 11.6 Å². The van der Waals surface area contributed by atoms with Gasteiger partial charge in [-0.2, -0.15) is 0 Å². The van der Waals surface area contributed by atoms with Gasteiger partial charge in [-0.25, -0.2) is 9.78 Å². The van der Waals surface area contributed by atoms with E-state index in [1.165, 1.54) is 5.56 Å². The number of amides is 1. The van der Waals surface area contributed by atoms with Crippen LogP contribution in [-0.4, -0.2) is 32.2 Å². The van der Waals surface area contributed by atoms with Crippen LogP contribution in [0.3, 0.4) is 0 Å². The number of carbonyl (C=O) groups is 2. The Hall–Kier alpha value is -3.66. The summed E-state index contributed by atoms with van der Waals surface area (Å²) in [7, 11) is 0. The molecule has 33 heavy (non-hydrogen) atoms. The normalized spacial score (nSPS) is 13.3. The number of pyridine rings is 1. The number of benzene rings is 1. The zero-order valence-electron chi connectivity index (χ0n) is 18.1. The first kappa shape index (κ1) is 21.2. The summed E-state index contributed by atoms with van der Waals surface area (Å²) < 4.78 is 10.8. The molecule has 0 atom stereocenters. The molecule has 0 aliphatic heterocycles. The Morgan fingerprint density at radius 2 is 2.00 bits per heavy atom. The summed E-state index contributed by atoms with van der Waals surface area (Å²) in [5.74, 6) is -0.541. The fourth-order valence-electron chi connectivity index (χ4n) is 3.48. The highest BCUT2D eigenvalue weighted by atomic mass is 32.1. The maximum absolute atomic E-state index is 12.9. The van der Waals surface area contributed by atoms with Gasteiger partial charge in [0.15, 0.2) is 5.01 Å². The Kier molecular flexibility index (Phi) is 5.59. The highest BCUT2D eigenvalue weighted by molar-refractivity contribution is 7.13. The van der Waals surface area contributed by atoms with Crippen molar-refractivity contribution in [3.8, 4) is 0 Å². The van der Waals surface area contributed by atoms with Crippen molar-refractivity contribution in [1.29, 1.82) is 0 Å². The van der Waals surface area contributed by atoms with E-state index in [9.17, 15) is 9.59 Å². The lowest BCUT2D eigenvalue weighted by Crippen LogP contribution is -2.11. The summed E-state index contributed by atoms with van der Waals surface area (Å²) in [4.78, 5) is 29.8. The molecule has 3 aromatic heterocycles. The first-order chi connectivity index (χ1) is 16.0. The lowest BCUT2D eigenvalue weighted by molar-refractivity contribution is 0.0473. The fraction of sp³-hybridized carbons (Fsp3) is 0.304. The summed E-state index contributed by atoms with van der Waals surface area (Å²) in [5, 5.41) is 15.8. The van der Waals surface area contributed by atoms with E-state index in [0.717, 1.165) is 36.3 Å². The summed E-state index contributed by atoms with van der Waals surface area (Å²) in [6.45, 7) is 3.73. The zero-order valence-corrected chi connectivity index (χ0v) is 18.9. The Labute approximate surface area is 193 Å². The molecule has 9 nitrogen and oxygen atoms in total. The van der Waals surface area contributed by atoms with Crippen LogP contribution in [0.2, 0.25) is 0 Å². The van der Waals surface area contributed by atoms with Crippen LogP contribution < -0.4 is 5.32 Å². The number of esters is 1. The van der Waals surface area contributed by atoms with Crippen molar-refractivity contribution in [1.82, 2.24) is 20.3 Å². The topological polar surface area (TPSA) is 120 Å². The van der Waals surface area contributed by atoms with Gasteiger partial charge < -0.3 is 14.6 Å². The molecule has 0 saturated heterocycles. The van der Waals surface area contributed by atoms with Crippen molar-refractivity contribution < 1.29 is 18.8 Å². The van der Waals surface area contributed by atoms with Gasteiger partial charge in [0, 0.05) is 17.3 Å². The van der Waals surface area contributed by atoms with Crippen molar-refractivity contribution in [2.75, 3.05) is 5.32 Å². The molecule has 1 aromatic carbocycles. The number of hydrogen-bond donors (Lipinski definition) is 1. The van der Waals surface area contributed by atoms with E-state index in [2.05, 4.69) is 32.6 Å². The molecule has 0 bridgehead atoms. The van der Waals surface area contributed by atoms with Gasteiger partial charge in [0.05, 0.1) is 16.6 Å². The fourth-order valence-corrected chi connectivity index (χ4v) is 4.13. The molecular formula is C23H21N5O4S. The molecule has 3 heterocycles. The Balaban J connectivity index is 1.26. The molecule has 1 aliphatic rings. The summed E-state index contributed by atoms with van der Waals surface area (Å²) in [6, 6.07) is 9.37. The average molecular weight is 464 g/mol. The largest absolute Gasteiger partial charge is 0.455 e. The molecule has 10 heteroatoms. The van der Waals surface area contributed by atoms with Crippen LogP contribution in [0.5, 0.6) is 0 Å². The molecule has 168 valence electrons. The Morgan fingerprint density at radius 1 is 1.21 bits per heavy atom. The van der Waals surface area contributed by atoms with E-state index in [4.69, 9.17) is 9.26 Å². The standard InChI is InChI=1S/C23H21N5O4S/c1-3-13-4-8-15(9-5-13)24-20(29)22-27-26-18(33-22)11-31-23(30)16-10-17(14-6-7-14)25-21-19(16)12(2)28-32-21/h4-5,8-10,14H,3,6-7,11H2,1-2H3,(H,24,29). The number of hydrogen-bond acceptors (Lipinski definition) is 9. The SMILES string of the molecule is CCc1ccc(NC(=O)c2nnc(COC(=O)c3cc(C4CC4)nc4onc(C)c34)s2)cc1. The first-order valence-corrected chi connectivity index (χ1v) is 11.5. The maximum Gasteiger partial charge on any atom is 0.339 e. The minimum absolute atomic E-state index is 0.0954. The predicted molar refractivity (Wildman–Crippen MR) is 121 cm³/mol. The molecule has 1 fully saturated rings. The van der Waals surface area contributed by atoms with E-state index in [1.807, 2.05) is 24.3 Å². The molecule has 1 N–H and O–H groups in total. The molecule has 1 saturated carbocycles. The summed E-state index contributed by atoms with van der Waals surface area (Å²) in [5.41, 5.74) is 3.97. The second-order valence-corrected chi connectivity index (χ2v) is 8.96. The van der Waals surface area contributed by atoms with Gasteiger partial charge in [0.2, 0.25) is 5.01 Å². The second kappa shape index (κ2) is 8.70. The lowest BCUT2D eigenvalue weighted by Gasteiger charge is -2.06. The predicted octanol–water partition coefficient (Wildman–Crippen LogP) is 4.43. The van der Waals surface area contributed by atoms with Crippen molar-refractivity contribution in [3.63, 3.8) is 0 Å². The van der Waals surface area contributed by atoms with Crippen molar-refractivity contribution in [3.05, 3.63) is 62.9 Å². The van der Waals surface area contributed by atoms with Crippen LogP contribution in [0.1, 0.15) is 67.8 Å². The van der Waals surface area contributed by atoms with Crippen molar-refractivity contribution in [2.24, 2.45) is 0 Å². The summed E-state index contributed by atoms with van der Waals surface area (Å²) >= 11 is 1.08. The Morgan fingerprint density at radius 3 is 2.73 bits per heavy atom. The van der Waals surface area contributed by atoms with E-state index in [1.54, 1.807) is 13.0 Å². The number of nitrogens with zero attached hydrogens (tertiary/aromatic N) is 4. The van der Waals surface area contributed by atoms with Gasteiger partial charge in [-0.05, 0) is 49.9 Å². The highest BCUT2D eigenvalue weighted by Gasteiger charge is 2.29. The number of anilines is 1. The average Bonchev–Trinajstić information content (AvgIpc) is 3.46. The number of nitrogens with one attached hydrogen (secondary N) is 1. The third-order valence-electron chi connectivity index (χ3n) is 5.46. The van der Waals surface area contributed by atoms with E-state index in [-0.39, 0.29) is 17.5 Å². The van der Waals surface area contributed by atoms with Crippen molar-refractivity contribution >= 4 is 40.0 Å². The van der Waals surface area contributed by atoms with E-state index < -0.39 is 5.97 Å². The maximum atomic E-state index is 12.9. The van der Waals surface area contributed by atoms with Crippen molar-refractivity contribution in [2.45, 2.75) is 45.6 Å². The second-order valence-electron chi connectivity index (χ2n) is 7.90. The van der Waals surface area contributed by atoms with Crippen LogP contribution in [0.4, 0.5) is 5.69 Å². The molecular weight excluding hydrogens is 442 g/mol. The molecule has 0 spiro atoms. The molecule has 1 aliphatic carbocycles. The minimum atomic E-state index is -0.521. The van der Waals surface area contributed by atoms with Gasteiger partial charge in [-0.1, -0.05) is 35.5 Å². The zero-order chi connectivity index (χ0) is 22.9. The van der Waals surface area contributed by atoms with Crippen LogP contribution in [-0.2, 0) is 17.8 Å². The van der Waals surface area contributed by atoms with Crippen LogP contribution >= 0.6 is 11.3 Å². The molecule has 1 amide bonds. The number of fused-ring (bicyclic) bond motifs is 1. The number of aryl methyl sites for hydroxylation is 2. The van der Waals surface area contributed by atoms with Crippen LogP contribution in [0.15, 0.2) is 34.9 Å². The number of rotatable bonds is 7. The Bertz CT molecular complexity index is 1340. The van der Waals surface area contributed by atoms with Crippen LogP contribution in [0.25, 0.3) is 11.1 Å². The van der Waals surface area contributed by atoms with Gasteiger partial charge >= 0.3 is 5.97 Å². The summed E-state index contributed by atoms with van der Waals surface area (Å²) in [6.07, 6.45) is 3.01. The highest BCUT2D eigenvalue weighted by Crippen LogP contribution is 2.40. The third kappa shape index (κ3) is 4.47. The number of carbonyl (C=O) groups excluding carboxylic acids is 2. The first-order valence-electron chi connectivity index (χ1n) is 10.7. The molecule has 0 radical (unpaired) electrons. The minimum Gasteiger partial charge on any atom is -0.455 e. The monoisotopic (exact) mass is 463 g/mol. The number of ether oxygens (including phenoxy) is 1. The van der Waals surface area contributed by atoms with E-state index >= 15 is 0 Å². The van der Waals surface area contributed by atoms with E-state index in [0.29, 0.717) is 39.0 Å². The quantitative estimate of drug-likeness (QED) is 0.400. The smallest absolute Gasteiger partial charge is 0.339 e. The third-order valence-corrected chi connectivity index (χ3v) is 6.36.